The Labute approximate surface area is 221 Å². The van der Waals surface area contributed by atoms with E-state index in [4.69, 9.17) is 0 Å². The molecule has 5 rings (SSSR count). The molecule has 38 heavy (non-hydrogen) atoms. The Morgan fingerprint density at radius 2 is 1.66 bits per heavy atom. The molecular weight excluding hydrogens is 485 g/mol. The zero-order valence-electron chi connectivity index (χ0n) is 21.1. The lowest BCUT2D eigenvalue weighted by Gasteiger charge is -2.43. The second kappa shape index (κ2) is 11.0. The zero-order valence-corrected chi connectivity index (χ0v) is 21.1. The predicted octanol–water partition coefficient (Wildman–Crippen LogP) is 2.86. The van der Waals surface area contributed by atoms with E-state index in [0.717, 1.165) is 11.4 Å². The number of carbonyl (C=O) groups is 3. The van der Waals surface area contributed by atoms with E-state index in [1.54, 1.807) is 16.0 Å². The number of benzene rings is 2. The number of rotatable bonds is 7. The van der Waals surface area contributed by atoms with Gasteiger partial charge < -0.3 is 20.0 Å². The molecule has 8 nitrogen and oxygen atoms in total. The number of likely N-dealkylation sites (tertiary alicyclic amines) is 1. The van der Waals surface area contributed by atoms with Crippen LogP contribution in [0.1, 0.15) is 28.9 Å². The summed E-state index contributed by atoms with van der Waals surface area (Å²) in [5, 5.41) is 2.90. The molecule has 3 heterocycles. The number of carbonyl (C=O) groups excluding carboxylic acids is 3. The van der Waals surface area contributed by atoms with Gasteiger partial charge in [0.15, 0.2) is 0 Å². The number of hydrogen-bond acceptors (Lipinski definition) is 5. The minimum Gasteiger partial charge on any atom is -0.354 e. The van der Waals surface area contributed by atoms with Gasteiger partial charge in [-0.05, 0) is 61.4 Å². The van der Waals surface area contributed by atoms with Gasteiger partial charge in [0.2, 0.25) is 5.91 Å². The van der Waals surface area contributed by atoms with Gasteiger partial charge in [0, 0.05) is 49.2 Å². The molecule has 2 aliphatic rings. The van der Waals surface area contributed by atoms with Gasteiger partial charge in [-0.3, -0.25) is 19.4 Å². The topological polar surface area (TPSA) is 85.9 Å². The Kier molecular flexibility index (Phi) is 7.35. The van der Waals surface area contributed by atoms with Crippen molar-refractivity contribution >= 4 is 23.4 Å². The zero-order chi connectivity index (χ0) is 26.5. The van der Waals surface area contributed by atoms with Crippen molar-refractivity contribution in [1.29, 1.82) is 0 Å². The highest BCUT2D eigenvalue weighted by Crippen LogP contribution is 2.39. The molecule has 1 N–H and O–H groups in total. The summed E-state index contributed by atoms with van der Waals surface area (Å²) < 4.78 is 13.3. The van der Waals surface area contributed by atoms with Gasteiger partial charge in [0.05, 0.1) is 6.67 Å². The van der Waals surface area contributed by atoms with Gasteiger partial charge in [-0.25, -0.2) is 4.39 Å². The first kappa shape index (κ1) is 25.4. The highest BCUT2D eigenvalue weighted by Gasteiger charge is 2.54. The minimum atomic E-state index is -0.838. The standard InChI is InChI=1S/C29H30FN5O3/c30-23-11-9-22(10-12-23)27(37)33-18-14-29(15-19-33)28(38)34(21-35(29)25-7-2-1-3-8-25)20-26(36)32-17-13-24-6-4-5-16-31-24/h1-12,16H,13-15,17-21H2,(H,32,36). The van der Waals surface area contributed by atoms with Crippen molar-refractivity contribution in [3.05, 3.63) is 96.1 Å². The summed E-state index contributed by atoms with van der Waals surface area (Å²) in [7, 11) is 0. The number of nitrogens with zero attached hydrogens (tertiary/aromatic N) is 4. The molecule has 3 aromatic rings. The van der Waals surface area contributed by atoms with Crippen LogP contribution in [0.15, 0.2) is 79.0 Å². The third kappa shape index (κ3) is 5.22. The number of nitrogens with one attached hydrogen (secondary N) is 1. The second-order valence-corrected chi connectivity index (χ2v) is 9.66. The summed E-state index contributed by atoms with van der Waals surface area (Å²) in [4.78, 5) is 49.2. The summed E-state index contributed by atoms with van der Waals surface area (Å²) in [6.07, 6.45) is 3.20. The summed E-state index contributed by atoms with van der Waals surface area (Å²) >= 11 is 0. The van der Waals surface area contributed by atoms with Crippen molar-refractivity contribution in [3.8, 4) is 0 Å². The number of para-hydroxylation sites is 1. The first-order valence-corrected chi connectivity index (χ1v) is 12.8. The molecule has 196 valence electrons. The van der Waals surface area contributed by atoms with Crippen molar-refractivity contribution in [2.24, 2.45) is 0 Å². The van der Waals surface area contributed by atoms with Crippen LogP contribution < -0.4 is 10.2 Å². The average Bonchev–Trinajstić information content (AvgIpc) is 3.20. The summed E-state index contributed by atoms with van der Waals surface area (Å²) in [5.74, 6) is -0.894. The Hall–Kier alpha value is -4.27. The van der Waals surface area contributed by atoms with E-state index in [2.05, 4.69) is 15.2 Å². The third-order valence-corrected chi connectivity index (χ3v) is 7.31. The maximum atomic E-state index is 13.8. The van der Waals surface area contributed by atoms with E-state index >= 15 is 0 Å². The lowest BCUT2D eigenvalue weighted by atomic mass is 9.85. The highest BCUT2D eigenvalue weighted by molar-refractivity contribution is 5.97. The molecule has 2 aromatic carbocycles. The molecule has 0 aliphatic carbocycles. The van der Waals surface area contributed by atoms with Gasteiger partial charge >= 0.3 is 0 Å². The van der Waals surface area contributed by atoms with E-state index in [-0.39, 0.29) is 24.3 Å². The Bertz CT molecular complexity index is 1280. The van der Waals surface area contributed by atoms with Crippen LogP contribution in [0, 0.1) is 5.82 Å². The van der Waals surface area contributed by atoms with Crippen LogP contribution in [0.25, 0.3) is 0 Å². The van der Waals surface area contributed by atoms with Crippen LogP contribution in [0.5, 0.6) is 0 Å². The molecule has 9 heteroatoms. The number of aromatic nitrogens is 1. The predicted molar refractivity (Wildman–Crippen MR) is 141 cm³/mol. The first-order valence-electron chi connectivity index (χ1n) is 12.8. The Morgan fingerprint density at radius 3 is 2.34 bits per heavy atom. The van der Waals surface area contributed by atoms with Crippen molar-refractivity contribution < 1.29 is 18.8 Å². The lowest BCUT2D eigenvalue weighted by Crippen LogP contribution is -2.57. The second-order valence-electron chi connectivity index (χ2n) is 9.66. The molecule has 1 aromatic heterocycles. The van der Waals surface area contributed by atoms with Gasteiger partial charge in [0.25, 0.3) is 11.8 Å². The Balaban J connectivity index is 1.27. The molecule has 3 amide bonds. The molecule has 0 atom stereocenters. The van der Waals surface area contributed by atoms with Crippen LogP contribution in [0.4, 0.5) is 10.1 Å². The maximum Gasteiger partial charge on any atom is 0.253 e. The normalized spacial score (nSPS) is 16.7. The van der Waals surface area contributed by atoms with Crippen molar-refractivity contribution in [1.82, 2.24) is 20.1 Å². The Morgan fingerprint density at radius 1 is 0.947 bits per heavy atom. The quantitative estimate of drug-likeness (QED) is 0.523. The lowest BCUT2D eigenvalue weighted by molar-refractivity contribution is -0.137. The number of halogens is 1. The highest BCUT2D eigenvalue weighted by atomic mass is 19.1. The summed E-state index contributed by atoms with van der Waals surface area (Å²) in [5.41, 5.74) is 1.37. The van der Waals surface area contributed by atoms with E-state index in [1.165, 1.54) is 24.3 Å². The fourth-order valence-corrected chi connectivity index (χ4v) is 5.28. The van der Waals surface area contributed by atoms with E-state index in [0.29, 0.717) is 51.1 Å². The first-order chi connectivity index (χ1) is 18.5. The van der Waals surface area contributed by atoms with E-state index in [1.807, 2.05) is 48.5 Å². The van der Waals surface area contributed by atoms with Crippen molar-refractivity contribution in [2.45, 2.75) is 24.8 Å². The van der Waals surface area contributed by atoms with Crippen LogP contribution in [-0.2, 0) is 16.0 Å². The summed E-state index contributed by atoms with van der Waals surface area (Å²) in [6, 6.07) is 20.9. The van der Waals surface area contributed by atoms with E-state index < -0.39 is 11.4 Å². The third-order valence-electron chi connectivity index (χ3n) is 7.31. The number of anilines is 1. The van der Waals surface area contributed by atoms with Crippen molar-refractivity contribution in [3.63, 3.8) is 0 Å². The van der Waals surface area contributed by atoms with Crippen molar-refractivity contribution in [2.75, 3.05) is 37.7 Å². The molecule has 0 bridgehead atoms. The van der Waals surface area contributed by atoms with Crippen LogP contribution in [0.2, 0.25) is 0 Å². The monoisotopic (exact) mass is 515 g/mol. The van der Waals surface area contributed by atoms with Gasteiger partial charge in [-0.1, -0.05) is 24.3 Å². The number of hydrogen-bond donors (Lipinski definition) is 1. The molecule has 0 radical (unpaired) electrons. The van der Waals surface area contributed by atoms with Gasteiger partial charge in [0.1, 0.15) is 17.9 Å². The molecule has 2 aliphatic heterocycles. The molecule has 1 spiro atoms. The number of amides is 3. The largest absolute Gasteiger partial charge is 0.354 e. The SMILES string of the molecule is O=C(CN1CN(c2ccccc2)C2(CCN(C(=O)c3ccc(F)cc3)CC2)C1=O)NCCc1ccccn1. The molecule has 2 saturated heterocycles. The fraction of sp³-hybridized carbons (Fsp3) is 0.310. The van der Waals surface area contributed by atoms with Crippen LogP contribution in [-0.4, -0.2) is 70.9 Å². The number of piperidine rings is 1. The molecule has 0 unspecified atom stereocenters. The summed E-state index contributed by atoms with van der Waals surface area (Å²) in [6.45, 7) is 1.46. The van der Waals surface area contributed by atoms with Gasteiger partial charge in [-0.2, -0.15) is 0 Å². The molecule has 2 fully saturated rings. The van der Waals surface area contributed by atoms with E-state index in [9.17, 15) is 18.8 Å². The average molecular weight is 516 g/mol. The number of pyridine rings is 1. The van der Waals surface area contributed by atoms with Gasteiger partial charge in [-0.15, -0.1) is 0 Å². The van der Waals surface area contributed by atoms with Crippen LogP contribution in [0.3, 0.4) is 0 Å². The fourth-order valence-electron chi connectivity index (χ4n) is 5.28. The molecule has 0 saturated carbocycles. The van der Waals surface area contributed by atoms with Crippen LogP contribution >= 0.6 is 0 Å². The smallest absolute Gasteiger partial charge is 0.253 e. The maximum absolute atomic E-state index is 13.8. The molecular formula is C29H30FN5O3. The minimum absolute atomic E-state index is 0.0373.